The molecule has 0 fully saturated rings. The number of hydrogen-bond acceptors (Lipinski definition) is 4. The molecule has 0 saturated heterocycles. The summed E-state index contributed by atoms with van der Waals surface area (Å²) < 4.78 is 29.8. The van der Waals surface area contributed by atoms with Crippen LogP contribution in [0.1, 0.15) is 0 Å². The van der Waals surface area contributed by atoms with Crippen molar-refractivity contribution in [2.24, 2.45) is 0 Å². The summed E-state index contributed by atoms with van der Waals surface area (Å²) in [5.74, 6) is 0.530. The Morgan fingerprint density at radius 3 is 2.67 bits per heavy atom. The first-order valence-corrected chi connectivity index (χ1v) is 8.17. The van der Waals surface area contributed by atoms with Crippen LogP contribution in [0.4, 0.5) is 10.1 Å². The van der Waals surface area contributed by atoms with E-state index in [0.29, 0.717) is 34.9 Å². The maximum absolute atomic E-state index is 13.0. The summed E-state index contributed by atoms with van der Waals surface area (Å²) in [5.41, 5.74) is 0.526. The van der Waals surface area contributed by atoms with Gasteiger partial charge in [0.15, 0.2) is 18.1 Å². The molecule has 1 amide bonds. The predicted molar refractivity (Wildman–Crippen MR) is 90.7 cm³/mol. The van der Waals surface area contributed by atoms with E-state index >= 15 is 0 Å². The fourth-order valence-electron chi connectivity index (χ4n) is 2.08. The van der Waals surface area contributed by atoms with Crippen LogP contribution in [0, 0.1) is 5.82 Å². The van der Waals surface area contributed by atoms with Crippen LogP contribution < -0.4 is 19.5 Å². The molecule has 0 saturated carbocycles. The number of carbonyl (C=O) groups is 1. The molecule has 0 spiro atoms. The second-order valence-corrected chi connectivity index (χ2v) is 6.15. The van der Waals surface area contributed by atoms with E-state index in [0.717, 1.165) is 6.07 Å². The molecule has 0 bridgehead atoms. The third kappa shape index (κ3) is 3.91. The van der Waals surface area contributed by atoms with Crippen LogP contribution in [0.25, 0.3) is 0 Å². The van der Waals surface area contributed by atoms with Gasteiger partial charge in [-0.05, 0) is 34.1 Å². The normalized spacial score (nSPS) is 12.6. The number of anilines is 1. The van der Waals surface area contributed by atoms with Gasteiger partial charge in [-0.2, -0.15) is 0 Å². The van der Waals surface area contributed by atoms with Crippen LogP contribution in [-0.4, -0.2) is 25.7 Å². The van der Waals surface area contributed by atoms with Gasteiger partial charge in [-0.15, -0.1) is 0 Å². The van der Waals surface area contributed by atoms with Gasteiger partial charge in [0, 0.05) is 16.6 Å². The average Bonchev–Trinajstić information content (AvgIpc) is 2.55. The average molecular weight is 417 g/mol. The summed E-state index contributed by atoms with van der Waals surface area (Å²) >= 11 is 9.21. The van der Waals surface area contributed by atoms with Crippen molar-refractivity contribution in [2.75, 3.05) is 25.1 Å². The van der Waals surface area contributed by atoms with Crippen molar-refractivity contribution >= 4 is 39.1 Å². The highest BCUT2D eigenvalue weighted by molar-refractivity contribution is 9.10. The third-order valence-electron chi connectivity index (χ3n) is 3.16. The van der Waals surface area contributed by atoms with E-state index in [1.807, 2.05) is 0 Å². The second-order valence-electron chi connectivity index (χ2n) is 4.89. The Morgan fingerprint density at radius 2 is 1.96 bits per heavy atom. The van der Waals surface area contributed by atoms with Crippen molar-refractivity contribution in [1.29, 1.82) is 0 Å². The quantitative estimate of drug-likeness (QED) is 0.818. The SMILES string of the molecule is O=C(COc1ccc(F)cc1Cl)Nc1cc2c(cc1Br)OCCO2. The fourth-order valence-corrected chi connectivity index (χ4v) is 2.72. The molecule has 1 N–H and O–H groups in total. The standard InChI is InChI=1S/C16H12BrClFNO4/c17-10-6-14-15(23-4-3-22-14)7-12(10)20-16(21)8-24-13-2-1-9(19)5-11(13)18/h1-2,5-7H,3-4,8H2,(H,20,21). The first-order valence-electron chi connectivity index (χ1n) is 7.00. The molecule has 0 aromatic heterocycles. The van der Waals surface area contributed by atoms with Crippen molar-refractivity contribution in [3.05, 3.63) is 45.6 Å². The lowest BCUT2D eigenvalue weighted by molar-refractivity contribution is -0.118. The van der Waals surface area contributed by atoms with E-state index in [1.54, 1.807) is 12.1 Å². The first kappa shape index (κ1) is 16.9. The zero-order chi connectivity index (χ0) is 17.1. The number of rotatable bonds is 4. The number of benzene rings is 2. The van der Waals surface area contributed by atoms with Crippen molar-refractivity contribution in [1.82, 2.24) is 0 Å². The number of carbonyl (C=O) groups excluding carboxylic acids is 1. The third-order valence-corrected chi connectivity index (χ3v) is 4.11. The molecule has 8 heteroatoms. The van der Waals surface area contributed by atoms with E-state index in [1.165, 1.54) is 12.1 Å². The summed E-state index contributed by atoms with van der Waals surface area (Å²) in [6.45, 7) is 0.665. The molecule has 126 valence electrons. The van der Waals surface area contributed by atoms with Crippen molar-refractivity contribution in [3.63, 3.8) is 0 Å². The van der Waals surface area contributed by atoms with Crippen LogP contribution in [0.15, 0.2) is 34.8 Å². The summed E-state index contributed by atoms with van der Waals surface area (Å²) in [5, 5.41) is 2.80. The van der Waals surface area contributed by atoms with Crippen molar-refractivity contribution in [3.8, 4) is 17.2 Å². The van der Waals surface area contributed by atoms with Gasteiger partial charge in [0.25, 0.3) is 5.91 Å². The van der Waals surface area contributed by atoms with E-state index in [4.69, 9.17) is 25.8 Å². The fraction of sp³-hybridized carbons (Fsp3) is 0.188. The molecule has 3 rings (SSSR count). The Balaban J connectivity index is 1.64. The van der Waals surface area contributed by atoms with Gasteiger partial charge in [-0.25, -0.2) is 4.39 Å². The highest BCUT2D eigenvalue weighted by atomic mass is 79.9. The lowest BCUT2D eigenvalue weighted by Gasteiger charge is -2.20. The molecule has 2 aromatic rings. The number of halogens is 3. The predicted octanol–water partition coefficient (Wildman–Crippen LogP) is 4.03. The first-order chi connectivity index (χ1) is 11.5. The van der Waals surface area contributed by atoms with Crippen LogP contribution in [0.2, 0.25) is 5.02 Å². The van der Waals surface area contributed by atoms with Gasteiger partial charge in [-0.1, -0.05) is 11.6 Å². The maximum atomic E-state index is 13.0. The number of nitrogens with one attached hydrogen (secondary N) is 1. The van der Waals surface area contributed by atoms with Gasteiger partial charge >= 0.3 is 0 Å². The summed E-state index contributed by atoms with van der Waals surface area (Å²) in [6.07, 6.45) is 0. The molecule has 1 heterocycles. The molecule has 0 radical (unpaired) electrons. The lowest BCUT2D eigenvalue weighted by atomic mass is 10.2. The minimum atomic E-state index is -0.475. The number of ether oxygens (including phenoxy) is 3. The molecule has 1 aliphatic rings. The summed E-state index contributed by atoms with van der Waals surface area (Å²) in [6, 6.07) is 7.08. The van der Waals surface area contributed by atoms with Crippen LogP contribution >= 0.6 is 27.5 Å². The van der Waals surface area contributed by atoms with Gasteiger partial charge < -0.3 is 19.5 Å². The molecule has 5 nitrogen and oxygen atoms in total. The molecule has 1 aliphatic heterocycles. The van der Waals surface area contributed by atoms with Crippen LogP contribution in [0.3, 0.4) is 0 Å². The second kappa shape index (κ2) is 7.27. The summed E-state index contributed by atoms with van der Waals surface area (Å²) in [4.78, 5) is 12.0. The Morgan fingerprint density at radius 1 is 1.25 bits per heavy atom. The van der Waals surface area contributed by atoms with Crippen molar-refractivity contribution < 1.29 is 23.4 Å². The Bertz CT molecular complexity index is 787. The highest BCUT2D eigenvalue weighted by Crippen LogP contribution is 2.38. The molecular formula is C16H12BrClFNO4. The minimum absolute atomic E-state index is 0.100. The van der Waals surface area contributed by atoms with Gasteiger partial charge in [0.2, 0.25) is 0 Å². The minimum Gasteiger partial charge on any atom is -0.486 e. The Hall–Kier alpha value is -1.99. The molecular weight excluding hydrogens is 405 g/mol. The maximum Gasteiger partial charge on any atom is 0.262 e. The number of amides is 1. The van der Waals surface area contributed by atoms with E-state index < -0.39 is 11.7 Å². The topological polar surface area (TPSA) is 56.8 Å². The van der Waals surface area contributed by atoms with Gasteiger partial charge in [0.1, 0.15) is 24.8 Å². The molecule has 24 heavy (non-hydrogen) atoms. The van der Waals surface area contributed by atoms with E-state index in [9.17, 15) is 9.18 Å². The van der Waals surface area contributed by atoms with E-state index in [2.05, 4.69) is 21.2 Å². The molecule has 0 unspecified atom stereocenters. The lowest BCUT2D eigenvalue weighted by Crippen LogP contribution is -2.21. The Kier molecular flexibility index (Phi) is 5.11. The van der Waals surface area contributed by atoms with Crippen molar-refractivity contribution in [2.45, 2.75) is 0 Å². The van der Waals surface area contributed by atoms with Gasteiger partial charge in [0.05, 0.1) is 10.7 Å². The Labute approximate surface area is 150 Å². The zero-order valence-corrected chi connectivity index (χ0v) is 14.6. The van der Waals surface area contributed by atoms with Crippen LogP contribution in [0.5, 0.6) is 17.2 Å². The number of fused-ring (bicyclic) bond motifs is 1. The molecule has 2 aromatic carbocycles. The van der Waals surface area contributed by atoms with Crippen LogP contribution in [-0.2, 0) is 4.79 Å². The highest BCUT2D eigenvalue weighted by Gasteiger charge is 2.16. The zero-order valence-electron chi connectivity index (χ0n) is 12.3. The number of hydrogen-bond donors (Lipinski definition) is 1. The largest absolute Gasteiger partial charge is 0.486 e. The summed E-state index contributed by atoms with van der Waals surface area (Å²) in [7, 11) is 0. The van der Waals surface area contributed by atoms with Gasteiger partial charge in [-0.3, -0.25) is 4.79 Å². The molecule has 0 atom stereocenters. The monoisotopic (exact) mass is 415 g/mol. The molecule has 0 aliphatic carbocycles. The van der Waals surface area contributed by atoms with E-state index in [-0.39, 0.29) is 17.4 Å². The smallest absolute Gasteiger partial charge is 0.262 e.